The Morgan fingerprint density at radius 2 is 2.33 bits per heavy atom. The number of nitrogens with two attached hydrogens (primary N) is 1. The highest BCUT2D eigenvalue weighted by Crippen LogP contribution is 2.40. The second-order valence-electron chi connectivity index (χ2n) is 6.31. The van der Waals surface area contributed by atoms with Crippen LogP contribution < -0.4 is 11.1 Å². The molecule has 21 heavy (non-hydrogen) atoms. The van der Waals surface area contributed by atoms with Gasteiger partial charge in [-0.05, 0) is 24.3 Å². The molecule has 1 aromatic heterocycles. The van der Waals surface area contributed by atoms with Gasteiger partial charge in [-0.15, -0.1) is 11.3 Å². The summed E-state index contributed by atoms with van der Waals surface area (Å²) in [5, 5.41) is 5.10. The Labute approximate surface area is 131 Å². The van der Waals surface area contributed by atoms with E-state index in [-0.39, 0.29) is 17.2 Å². The quantitative estimate of drug-likeness (QED) is 0.844. The van der Waals surface area contributed by atoms with E-state index in [1.54, 1.807) is 11.3 Å². The van der Waals surface area contributed by atoms with Crippen molar-refractivity contribution in [2.24, 2.45) is 17.1 Å². The van der Waals surface area contributed by atoms with Crippen LogP contribution >= 0.6 is 11.3 Å². The van der Waals surface area contributed by atoms with Gasteiger partial charge in [0, 0.05) is 21.7 Å². The van der Waals surface area contributed by atoms with Crippen molar-refractivity contribution in [1.82, 2.24) is 5.32 Å². The molecule has 4 heteroatoms. The summed E-state index contributed by atoms with van der Waals surface area (Å²) in [4.78, 5) is 13.6. The van der Waals surface area contributed by atoms with E-state index < -0.39 is 0 Å². The molecule has 1 aliphatic carbocycles. The minimum Gasteiger partial charge on any atom is -0.351 e. The van der Waals surface area contributed by atoms with Gasteiger partial charge >= 0.3 is 0 Å². The molecular formula is C17H24N2OS. The van der Waals surface area contributed by atoms with Gasteiger partial charge in [-0.2, -0.15) is 0 Å². The highest BCUT2D eigenvalue weighted by atomic mass is 32.1. The molecule has 0 radical (unpaired) electrons. The van der Waals surface area contributed by atoms with Gasteiger partial charge in [-0.3, -0.25) is 4.79 Å². The minimum atomic E-state index is 0.121. The maximum atomic E-state index is 12.4. The predicted molar refractivity (Wildman–Crippen MR) is 87.8 cm³/mol. The number of nitrogens with one attached hydrogen (secondary N) is 1. The lowest BCUT2D eigenvalue weighted by molar-refractivity contribution is -0.130. The van der Waals surface area contributed by atoms with E-state index in [0.717, 1.165) is 23.3 Å². The second kappa shape index (κ2) is 7.11. The zero-order valence-corrected chi connectivity index (χ0v) is 13.7. The fraction of sp³-hybridized carbons (Fsp3) is 0.588. The van der Waals surface area contributed by atoms with E-state index >= 15 is 0 Å². The first kappa shape index (κ1) is 16.1. The second-order valence-corrected chi connectivity index (χ2v) is 7.31. The average molecular weight is 304 g/mol. The standard InChI is InChI=1S/C17H24N2OS/c1-17(2)8-4-3-7-15(17)16(20)19-11-14-10-13(12-21-14)6-5-9-18/h10,12,15H,3-4,7-9,11,18H2,1-2H3,(H,19,20). The van der Waals surface area contributed by atoms with E-state index in [9.17, 15) is 4.79 Å². The number of hydrogen-bond acceptors (Lipinski definition) is 3. The zero-order valence-electron chi connectivity index (χ0n) is 12.9. The summed E-state index contributed by atoms with van der Waals surface area (Å²) < 4.78 is 0. The summed E-state index contributed by atoms with van der Waals surface area (Å²) >= 11 is 1.63. The van der Waals surface area contributed by atoms with Gasteiger partial charge < -0.3 is 11.1 Å². The van der Waals surface area contributed by atoms with E-state index in [0.29, 0.717) is 13.1 Å². The van der Waals surface area contributed by atoms with Gasteiger partial charge in [0.15, 0.2) is 0 Å². The zero-order chi connectivity index (χ0) is 15.3. The predicted octanol–water partition coefficient (Wildman–Crippen LogP) is 2.89. The van der Waals surface area contributed by atoms with Crippen molar-refractivity contribution in [2.45, 2.75) is 46.1 Å². The first-order valence-electron chi connectivity index (χ1n) is 7.57. The Bertz CT molecular complexity index is 551. The van der Waals surface area contributed by atoms with Crippen molar-refractivity contribution >= 4 is 17.2 Å². The van der Waals surface area contributed by atoms with Crippen molar-refractivity contribution in [3.05, 3.63) is 21.9 Å². The van der Waals surface area contributed by atoms with Crippen LogP contribution in [0.4, 0.5) is 0 Å². The van der Waals surface area contributed by atoms with Crippen molar-refractivity contribution in [3.63, 3.8) is 0 Å². The van der Waals surface area contributed by atoms with Gasteiger partial charge in [0.1, 0.15) is 0 Å². The molecule has 1 unspecified atom stereocenters. The Balaban J connectivity index is 1.90. The summed E-state index contributed by atoms with van der Waals surface area (Å²) in [6.07, 6.45) is 4.56. The van der Waals surface area contributed by atoms with Crippen molar-refractivity contribution < 1.29 is 4.79 Å². The molecule has 2 rings (SSSR count). The molecule has 0 aliphatic heterocycles. The van der Waals surface area contributed by atoms with Gasteiger partial charge in [0.25, 0.3) is 0 Å². The molecule has 0 saturated heterocycles. The summed E-state index contributed by atoms with van der Waals surface area (Å²) in [6, 6.07) is 2.03. The molecule has 0 bridgehead atoms. The molecule has 3 N–H and O–H groups in total. The third kappa shape index (κ3) is 4.33. The molecule has 1 fully saturated rings. The number of carbonyl (C=O) groups excluding carboxylic acids is 1. The van der Waals surface area contributed by atoms with Gasteiger partial charge in [-0.25, -0.2) is 0 Å². The Kier molecular flexibility index (Phi) is 5.44. The van der Waals surface area contributed by atoms with Gasteiger partial charge in [0.2, 0.25) is 5.91 Å². The normalized spacial score (nSPS) is 20.4. The maximum Gasteiger partial charge on any atom is 0.223 e. The van der Waals surface area contributed by atoms with Crippen LogP contribution in [-0.4, -0.2) is 12.5 Å². The van der Waals surface area contributed by atoms with Crippen LogP contribution in [0.15, 0.2) is 11.4 Å². The van der Waals surface area contributed by atoms with Crippen molar-refractivity contribution in [1.29, 1.82) is 0 Å². The molecule has 1 atom stereocenters. The van der Waals surface area contributed by atoms with Crippen molar-refractivity contribution in [3.8, 4) is 11.8 Å². The Morgan fingerprint density at radius 3 is 3.05 bits per heavy atom. The number of hydrogen-bond donors (Lipinski definition) is 2. The lowest BCUT2D eigenvalue weighted by Crippen LogP contribution is -2.40. The Morgan fingerprint density at radius 1 is 1.52 bits per heavy atom. The van der Waals surface area contributed by atoms with Crippen molar-refractivity contribution in [2.75, 3.05) is 6.54 Å². The summed E-state index contributed by atoms with van der Waals surface area (Å²) in [6.45, 7) is 5.39. The fourth-order valence-electron chi connectivity index (χ4n) is 2.97. The van der Waals surface area contributed by atoms with Gasteiger partial charge in [0.05, 0.1) is 13.1 Å². The first-order valence-corrected chi connectivity index (χ1v) is 8.45. The molecule has 1 aromatic rings. The highest BCUT2D eigenvalue weighted by Gasteiger charge is 2.36. The van der Waals surface area contributed by atoms with Crippen LogP contribution in [-0.2, 0) is 11.3 Å². The van der Waals surface area contributed by atoms with Crippen LogP contribution in [0.5, 0.6) is 0 Å². The average Bonchev–Trinajstić information content (AvgIpc) is 2.90. The molecule has 1 aliphatic rings. The smallest absolute Gasteiger partial charge is 0.223 e. The number of carbonyl (C=O) groups is 1. The number of amides is 1. The molecule has 114 valence electrons. The highest BCUT2D eigenvalue weighted by molar-refractivity contribution is 7.10. The molecule has 0 aromatic carbocycles. The lowest BCUT2D eigenvalue weighted by Gasteiger charge is -2.37. The topological polar surface area (TPSA) is 55.1 Å². The Hall–Kier alpha value is -1.31. The lowest BCUT2D eigenvalue weighted by atomic mass is 9.68. The van der Waals surface area contributed by atoms with E-state index in [4.69, 9.17) is 5.73 Å². The molecule has 1 amide bonds. The molecule has 0 spiro atoms. The van der Waals surface area contributed by atoms with Crippen LogP contribution in [0.25, 0.3) is 0 Å². The minimum absolute atomic E-state index is 0.121. The van der Waals surface area contributed by atoms with Crippen LogP contribution in [0, 0.1) is 23.2 Å². The largest absolute Gasteiger partial charge is 0.351 e. The third-order valence-corrected chi connectivity index (χ3v) is 5.19. The molecule has 1 saturated carbocycles. The molecule has 1 heterocycles. The van der Waals surface area contributed by atoms with Crippen LogP contribution in [0.3, 0.4) is 0 Å². The first-order chi connectivity index (χ1) is 10.0. The summed E-state index contributed by atoms with van der Waals surface area (Å²) in [5.41, 5.74) is 6.46. The monoisotopic (exact) mass is 304 g/mol. The summed E-state index contributed by atoms with van der Waals surface area (Å²) in [7, 11) is 0. The fourth-order valence-corrected chi connectivity index (χ4v) is 3.73. The molecule has 3 nitrogen and oxygen atoms in total. The maximum absolute atomic E-state index is 12.4. The number of thiophene rings is 1. The van der Waals surface area contributed by atoms with E-state index in [2.05, 4.69) is 31.0 Å². The van der Waals surface area contributed by atoms with Gasteiger partial charge in [-0.1, -0.05) is 38.5 Å². The van der Waals surface area contributed by atoms with E-state index in [1.807, 2.05) is 11.4 Å². The van der Waals surface area contributed by atoms with Crippen LogP contribution in [0.1, 0.15) is 50.0 Å². The number of rotatable bonds is 3. The van der Waals surface area contributed by atoms with Crippen LogP contribution in [0.2, 0.25) is 0 Å². The summed E-state index contributed by atoms with van der Waals surface area (Å²) in [5.74, 6) is 6.19. The van der Waals surface area contributed by atoms with E-state index in [1.165, 1.54) is 12.8 Å². The SMILES string of the molecule is CC1(C)CCCCC1C(=O)NCc1cc(C#CCN)cs1. The molecular weight excluding hydrogens is 280 g/mol. The third-order valence-electron chi connectivity index (χ3n) is 4.25.